The maximum absolute atomic E-state index is 12.2. The van der Waals surface area contributed by atoms with Crippen molar-refractivity contribution in [2.24, 2.45) is 0 Å². The van der Waals surface area contributed by atoms with Crippen LogP contribution >= 0.6 is 11.3 Å². The Hall–Kier alpha value is -1.76. The Kier molecular flexibility index (Phi) is 4.75. The lowest BCUT2D eigenvalue weighted by molar-refractivity contribution is -0.146. The summed E-state index contributed by atoms with van der Waals surface area (Å²) < 4.78 is 0. The first-order valence-corrected chi connectivity index (χ1v) is 8.70. The molecule has 0 bridgehead atoms. The van der Waals surface area contributed by atoms with Crippen molar-refractivity contribution in [3.05, 3.63) is 41.0 Å². The average molecular weight is 331 g/mol. The first-order valence-electron chi connectivity index (χ1n) is 7.82. The standard InChI is InChI=1S/C17H21N3O2S/c1-11(19-17(21)15-4-3-9-20(15)22)13-5-7-14(8-6-13)16-12(2)18-10-23-16/h5-8,10-11,15,22H,3-4,9H2,1-2H3,(H,19,21). The van der Waals surface area contributed by atoms with Gasteiger partial charge in [0.25, 0.3) is 0 Å². The molecule has 1 saturated heterocycles. The number of carbonyl (C=O) groups is 1. The largest absolute Gasteiger partial charge is 0.348 e. The molecule has 2 heterocycles. The van der Waals surface area contributed by atoms with Crippen molar-refractivity contribution in [1.29, 1.82) is 0 Å². The van der Waals surface area contributed by atoms with Gasteiger partial charge in [0.15, 0.2) is 0 Å². The van der Waals surface area contributed by atoms with E-state index in [4.69, 9.17) is 0 Å². The second-order valence-electron chi connectivity index (χ2n) is 5.94. The molecule has 5 nitrogen and oxygen atoms in total. The molecule has 6 heteroatoms. The second kappa shape index (κ2) is 6.78. The van der Waals surface area contributed by atoms with Gasteiger partial charge in [0, 0.05) is 6.54 Å². The predicted molar refractivity (Wildman–Crippen MR) is 90.4 cm³/mol. The molecule has 2 unspecified atom stereocenters. The number of aryl methyl sites for hydroxylation is 1. The van der Waals surface area contributed by atoms with Gasteiger partial charge in [-0.3, -0.25) is 4.79 Å². The topological polar surface area (TPSA) is 65.5 Å². The Morgan fingerprint density at radius 1 is 1.43 bits per heavy atom. The number of carbonyl (C=O) groups excluding carboxylic acids is 1. The molecule has 3 rings (SSSR count). The van der Waals surface area contributed by atoms with Crippen LogP contribution in [-0.4, -0.2) is 33.7 Å². The fourth-order valence-electron chi connectivity index (χ4n) is 2.91. The molecule has 2 atom stereocenters. The van der Waals surface area contributed by atoms with Crippen molar-refractivity contribution < 1.29 is 10.0 Å². The molecule has 0 radical (unpaired) electrons. The molecule has 1 fully saturated rings. The van der Waals surface area contributed by atoms with E-state index in [1.54, 1.807) is 11.3 Å². The molecule has 1 amide bonds. The molecular weight excluding hydrogens is 310 g/mol. The van der Waals surface area contributed by atoms with E-state index in [0.717, 1.165) is 28.3 Å². The number of nitrogens with one attached hydrogen (secondary N) is 1. The minimum absolute atomic E-state index is 0.0897. The summed E-state index contributed by atoms with van der Waals surface area (Å²) in [4.78, 5) is 17.7. The molecule has 0 aliphatic carbocycles. The average Bonchev–Trinajstić information content (AvgIpc) is 3.15. The third-order valence-electron chi connectivity index (χ3n) is 4.30. The summed E-state index contributed by atoms with van der Waals surface area (Å²) in [7, 11) is 0. The van der Waals surface area contributed by atoms with Crippen LogP contribution in [0.25, 0.3) is 10.4 Å². The van der Waals surface area contributed by atoms with E-state index in [2.05, 4.69) is 22.4 Å². The van der Waals surface area contributed by atoms with Gasteiger partial charge in [-0.25, -0.2) is 4.98 Å². The van der Waals surface area contributed by atoms with Gasteiger partial charge in [-0.1, -0.05) is 24.3 Å². The number of amides is 1. The number of rotatable bonds is 4. The van der Waals surface area contributed by atoms with Crippen molar-refractivity contribution in [3.8, 4) is 10.4 Å². The SMILES string of the molecule is Cc1ncsc1-c1ccc(C(C)NC(=O)C2CCCN2O)cc1. The fraction of sp³-hybridized carbons (Fsp3) is 0.412. The van der Waals surface area contributed by atoms with E-state index in [0.29, 0.717) is 13.0 Å². The number of hydrogen-bond donors (Lipinski definition) is 2. The molecule has 1 aromatic heterocycles. The Balaban J connectivity index is 1.67. The molecule has 0 saturated carbocycles. The highest BCUT2D eigenvalue weighted by atomic mass is 32.1. The number of hydroxylamine groups is 2. The van der Waals surface area contributed by atoms with Crippen molar-refractivity contribution in [1.82, 2.24) is 15.4 Å². The van der Waals surface area contributed by atoms with Crippen LogP contribution in [0.3, 0.4) is 0 Å². The summed E-state index contributed by atoms with van der Waals surface area (Å²) in [6.07, 6.45) is 1.56. The third kappa shape index (κ3) is 3.44. The van der Waals surface area contributed by atoms with Gasteiger partial charge in [0.05, 0.1) is 22.1 Å². The van der Waals surface area contributed by atoms with Gasteiger partial charge in [0.2, 0.25) is 5.91 Å². The summed E-state index contributed by atoms with van der Waals surface area (Å²) >= 11 is 1.63. The van der Waals surface area contributed by atoms with Gasteiger partial charge in [-0.2, -0.15) is 5.06 Å². The van der Waals surface area contributed by atoms with Gasteiger partial charge < -0.3 is 10.5 Å². The Labute approximate surface area is 139 Å². The first kappa shape index (κ1) is 16.1. The summed E-state index contributed by atoms with van der Waals surface area (Å²) in [5.74, 6) is -0.111. The Morgan fingerprint density at radius 2 is 2.17 bits per heavy atom. The summed E-state index contributed by atoms with van der Waals surface area (Å²) in [6, 6.07) is 7.68. The normalized spacial score (nSPS) is 19.7. The lowest BCUT2D eigenvalue weighted by Crippen LogP contribution is -2.42. The van der Waals surface area contributed by atoms with Crippen LogP contribution in [0.1, 0.15) is 37.1 Å². The van der Waals surface area contributed by atoms with Crippen molar-refractivity contribution in [2.45, 2.75) is 38.8 Å². The molecule has 1 aromatic carbocycles. The van der Waals surface area contributed by atoms with Gasteiger partial charge in [-0.15, -0.1) is 11.3 Å². The quantitative estimate of drug-likeness (QED) is 0.903. The lowest BCUT2D eigenvalue weighted by atomic mass is 10.0. The van der Waals surface area contributed by atoms with Gasteiger partial charge >= 0.3 is 0 Å². The smallest absolute Gasteiger partial charge is 0.240 e. The van der Waals surface area contributed by atoms with Crippen LogP contribution in [-0.2, 0) is 4.79 Å². The highest BCUT2D eigenvalue weighted by molar-refractivity contribution is 7.13. The second-order valence-corrected chi connectivity index (χ2v) is 6.80. The maximum Gasteiger partial charge on any atom is 0.240 e. The molecule has 2 N–H and O–H groups in total. The molecule has 1 aliphatic rings. The summed E-state index contributed by atoms with van der Waals surface area (Å²) in [6.45, 7) is 4.53. The number of nitrogens with zero attached hydrogens (tertiary/aromatic N) is 2. The first-order chi connectivity index (χ1) is 11.1. The minimum atomic E-state index is -0.420. The molecule has 122 valence electrons. The zero-order valence-corrected chi connectivity index (χ0v) is 14.1. The molecule has 23 heavy (non-hydrogen) atoms. The van der Waals surface area contributed by atoms with Crippen molar-refractivity contribution >= 4 is 17.2 Å². The number of thiazole rings is 1. The Morgan fingerprint density at radius 3 is 2.74 bits per heavy atom. The predicted octanol–water partition coefficient (Wildman–Crippen LogP) is 3.15. The van der Waals surface area contributed by atoms with E-state index in [1.807, 2.05) is 31.5 Å². The molecule has 0 spiro atoms. The highest BCUT2D eigenvalue weighted by Gasteiger charge is 2.30. The van der Waals surface area contributed by atoms with E-state index < -0.39 is 6.04 Å². The van der Waals surface area contributed by atoms with Crippen molar-refractivity contribution in [2.75, 3.05) is 6.54 Å². The third-order valence-corrected chi connectivity index (χ3v) is 5.28. The Bertz CT molecular complexity index is 683. The van der Waals surface area contributed by atoms with E-state index in [-0.39, 0.29) is 11.9 Å². The minimum Gasteiger partial charge on any atom is -0.348 e. The highest BCUT2D eigenvalue weighted by Crippen LogP contribution is 2.28. The van der Waals surface area contributed by atoms with Gasteiger partial charge in [-0.05, 0) is 37.8 Å². The summed E-state index contributed by atoms with van der Waals surface area (Å²) in [5.41, 5.74) is 5.08. The summed E-state index contributed by atoms with van der Waals surface area (Å²) in [5, 5.41) is 13.8. The molecular formula is C17H21N3O2S. The molecule has 2 aromatic rings. The van der Waals surface area contributed by atoms with E-state index >= 15 is 0 Å². The zero-order chi connectivity index (χ0) is 16.4. The number of aromatic nitrogens is 1. The van der Waals surface area contributed by atoms with E-state index in [1.165, 1.54) is 4.88 Å². The van der Waals surface area contributed by atoms with Crippen LogP contribution in [0.4, 0.5) is 0 Å². The van der Waals surface area contributed by atoms with E-state index in [9.17, 15) is 10.0 Å². The zero-order valence-electron chi connectivity index (χ0n) is 13.3. The number of hydrogen-bond acceptors (Lipinski definition) is 5. The van der Waals surface area contributed by atoms with Crippen LogP contribution in [0.5, 0.6) is 0 Å². The van der Waals surface area contributed by atoms with Gasteiger partial charge in [0.1, 0.15) is 6.04 Å². The van der Waals surface area contributed by atoms with Crippen molar-refractivity contribution in [3.63, 3.8) is 0 Å². The van der Waals surface area contributed by atoms with Crippen LogP contribution in [0.2, 0.25) is 0 Å². The number of benzene rings is 1. The monoisotopic (exact) mass is 331 g/mol. The maximum atomic E-state index is 12.2. The van der Waals surface area contributed by atoms with Crippen LogP contribution in [0.15, 0.2) is 29.8 Å². The molecule has 1 aliphatic heterocycles. The fourth-order valence-corrected chi connectivity index (χ4v) is 3.72. The van der Waals surface area contributed by atoms with Crippen LogP contribution in [0, 0.1) is 6.92 Å². The lowest BCUT2D eigenvalue weighted by Gasteiger charge is -2.21. The van der Waals surface area contributed by atoms with Crippen LogP contribution < -0.4 is 5.32 Å².